The third-order valence-corrected chi connectivity index (χ3v) is 7.27. The van der Waals surface area contributed by atoms with Crippen molar-refractivity contribution in [2.45, 2.75) is 19.8 Å². The van der Waals surface area contributed by atoms with Crippen LogP contribution in [0.3, 0.4) is 0 Å². The van der Waals surface area contributed by atoms with Gasteiger partial charge in [-0.25, -0.2) is 9.97 Å². The van der Waals surface area contributed by atoms with Crippen LogP contribution in [0.1, 0.15) is 27.3 Å². The van der Waals surface area contributed by atoms with Gasteiger partial charge in [0.15, 0.2) is 10.3 Å². The van der Waals surface area contributed by atoms with Gasteiger partial charge in [-0.3, -0.25) is 14.9 Å². The number of rotatable bonds is 4. The van der Waals surface area contributed by atoms with Crippen LogP contribution < -0.4 is 15.5 Å². The van der Waals surface area contributed by atoms with E-state index >= 15 is 0 Å². The maximum absolute atomic E-state index is 12.8. The standard InChI is InChI=1S/C21H21N5O3S2/c1-12-18(31-21(22-12)26-6-8-29-9-7-26)19(28)25-20-24-16(11-30-20)14-2-4-15-13(10-14)3-5-17(27)23-15/h2,4,10-11H,3,5-9H2,1H3,(H,23,27)(H,24,25,28). The summed E-state index contributed by atoms with van der Waals surface area (Å²) in [5, 5.41) is 9.13. The number of ether oxygens (including phenoxy) is 1. The zero-order chi connectivity index (χ0) is 21.4. The van der Waals surface area contributed by atoms with Crippen molar-refractivity contribution < 1.29 is 14.3 Å². The average molecular weight is 456 g/mol. The monoisotopic (exact) mass is 455 g/mol. The molecule has 2 aliphatic heterocycles. The molecule has 31 heavy (non-hydrogen) atoms. The molecule has 3 aromatic rings. The molecule has 1 fully saturated rings. The highest BCUT2D eigenvalue weighted by molar-refractivity contribution is 7.18. The number of carbonyl (C=O) groups excluding carboxylic acids is 2. The summed E-state index contributed by atoms with van der Waals surface area (Å²) in [4.78, 5) is 36.3. The average Bonchev–Trinajstić information content (AvgIpc) is 3.40. The molecule has 0 radical (unpaired) electrons. The summed E-state index contributed by atoms with van der Waals surface area (Å²) in [5.74, 6) is -0.141. The Kier molecular flexibility index (Phi) is 5.43. The van der Waals surface area contributed by atoms with E-state index in [-0.39, 0.29) is 11.8 Å². The van der Waals surface area contributed by atoms with Gasteiger partial charge in [-0.1, -0.05) is 17.4 Å². The van der Waals surface area contributed by atoms with Gasteiger partial charge in [0.25, 0.3) is 5.91 Å². The van der Waals surface area contributed by atoms with Crippen molar-refractivity contribution in [1.82, 2.24) is 9.97 Å². The number of morpholine rings is 1. The first kappa shape index (κ1) is 20.1. The van der Waals surface area contributed by atoms with Crippen molar-refractivity contribution in [2.24, 2.45) is 0 Å². The Labute approximate surface area is 187 Å². The number of nitrogens with zero attached hydrogens (tertiary/aromatic N) is 3. The molecule has 2 aromatic heterocycles. The maximum Gasteiger partial charge on any atom is 0.269 e. The summed E-state index contributed by atoms with van der Waals surface area (Å²) < 4.78 is 5.39. The molecule has 0 aliphatic carbocycles. The number of amides is 2. The van der Waals surface area contributed by atoms with E-state index in [9.17, 15) is 9.59 Å². The van der Waals surface area contributed by atoms with Crippen molar-refractivity contribution >= 4 is 50.4 Å². The number of nitrogens with one attached hydrogen (secondary N) is 2. The van der Waals surface area contributed by atoms with E-state index in [0.29, 0.717) is 29.6 Å². The number of fused-ring (bicyclic) bond motifs is 1. The zero-order valence-electron chi connectivity index (χ0n) is 16.9. The summed E-state index contributed by atoms with van der Waals surface area (Å²) in [6, 6.07) is 5.90. The third-order valence-electron chi connectivity index (χ3n) is 5.29. The van der Waals surface area contributed by atoms with Gasteiger partial charge in [0.1, 0.15) is 4.88 Å². The lowest BCUT2D eigenvalue weighted by Crippen LogP contribution is -2.36. The van der Waals surface area contributed by atoms with Crippen LogP contribution in [-0.4, -0.2) is 48.1 Å². The van der Waals surface area contributed by atoms with Crippen LogP contribution >= 0.6 is 22.7 Å². The normalized spacial score (nSPS) is 16.0. The Morgan fingerprint density at radius 2 is 2.06 bits per heavy atom. The minimum Gasteiger partial charge on any atom is -0.378 e. The number of hydrogen-bond acceptors (Lipinski definition) is 8. The van der Waals surface area contributed by atoms with E-state index in [1.165, 1.54) is 22.7 Å². The second-order valence-electron chi connectivity index (χ2n) is 7.42. The fourth-order valence-electron chi connectivity index (χ4n) is 3.64. The number of aryl methyl sites for hydroxylation is 2. The number of anilines is 3. The second kappa shape index (κ2) is 8.37. The van der Waals surface area contributed by atoms with E-state index in [2.05, 4.69) is 31.6 Å². The zero-order valence-corrected chi connectivity index (χ0v) is 18.6. The van der Waals surface area contributed by atoms with Crippen LogP contribution in [0.4, 0.5) is 16.0 Å². The first-order chi connectivity index (χ1) is 15.1. The fourth-order valence-corrected chi connectivity index (χ4v) is 5.37. The molecular formula is C21H21N5O3S2. The molecule has 2 aliphatic rings. The highest BCUT2D eigenvalue weighted by Gasteiger charge is 2.21. The molecule has 0 unspecified atom stereocenters. The smallest absolute Gasteiger partial charge is 0.269 e. The van der Waals surface area contributed by atoms with E-state index in [1.807, 2.05) is 24.4 Å². The molecule has 8 nitrogen and oxygen atoms in total. The van der Waals surface area contributed by atoms with Gasteiger partial charge in [0.2, 0.25) is 5.91 Å². The van der Waals surface area contributed by atoms with Crippen molar-refractivity contribution in [2.75, 3.05) is 41.8 Å². The first-order valence-electron chi connectivity index (χ1n) is 10.1. The summed E-state index contributed by atoms with van der Waals surface area (Å²) >= 11 is 2.79. The molecule has 2 amide bonds. The molecule has 0 atom stereocenters. The minimum atomic E-state index is -0.191. The maximum atomic E-state index is 12.8. The van der Waals surface area contributed by atoms with Gasteiger partial charge in [-0.2, -0.15) is 0 Å². The molecule has 2 N–H and O–H groups in total. The van der Waals surface area contributed by atoms with Crippen molar-refractivity contribution in [3.05, 3.63) is 39.7 Å². The lowest BCUT2D eigenvalue weighted by atomic mass is 9.99. The Hall–Kier alpha value is -2.82. The minimum absolute atomic E-state index is 0.0500. The largest absolute Gasteiger partial charge is 0.378 e. The summed E-state index contributed by atoms with van der Waals surface area (Å²) in [6.45, 7) is 4.78. The highest BCUT2D eigenvalue weighted by Crippen LogP contribution is 2.32. The molecule has 4 heterocycles. The van der Waals surface area contributed by atoms with Crippen LogP contribution in [0.25, 0.3) is 11.3 Å². The molecule has 1 aromatic carbocycles. The number of carbonyl (C=O) groups is 2. The van der Waals surface area contributed by atoms with Crippen LogP contribution in [-0.2, 0) is 16.0 Å². The van der Waals surface area contributed by atoms with Crippen molar-refractivity contribution in [1.29, 1.82) is 0 Å². The lowest BCUT2D eigenvalue weighted by Gasteiger charge is -2.25. The van der Waals surface area contributed by atoms with E-state index in [4.69, 9.17) is 4.74 Å². The summed E-state index contributed by atoms with van der Waals surface area (Å²) in [7, 11) is 0. The molecule has 0 saturated carbocycles. The van der Waals surface area contributed by atoms with Gasteiger partial charge in [0, 0.05) is 36.1 Å². The van der Waals surface area contributed by atoms with Crippen LogP contribution in [0.5, 0.6) is 0 Å². The van der Waals surface area contributed by atoms with Crippen molar-refractivity contribution in [3.8, 4) is 11.3 Å². The fraction of sp³-hybridized carbons (Fsp3) is 0.333. The third kappa shape index (κ3) is 4.18. The van der Waals surface area contributed by atoms with Gasteiger partial charge in [0.05, 0.1) is 24.6 Å². The molecule has 10 heteroatoms. The summed E-state index contributed by atoms with van der Waals surface area (Å²) in [5.41, 5.74) is 4.45. The van der Waals surface area contributed by atoms with E-state index in [0.717, 1.165) is 52.8 Å². The van der Waals surface area contributed by atoms with Crippen LogP contribution in [0, 0.1) is 6.92 Å². The first-order valence-corrected chi connectivity index (χ1v) is 11.8. The second-order valence-corrected chi connectivity index (χ2v) is 9.26. The number of thiazole rings is 2. The number of benzene rings is 1. The molecule has 5 rings (SSSR count). The SMILES string of the molecule is Cc1nc(N2CCOCC2)sc1C(=O)Nc1nc(-c2ccc3c(c2)CCC(=O)N3)cs1. The Morgan fingerprint density at radius 3 is 2.90 bits per heavy atom. The molecular weight excluding hydrogens is 434 g/mol. The quantitative estimate of drug-likeness (QED) is 0.625. The van der Waals surface area contributed by atoms with Gasteiger partial charge in [-0.15, -0.1) is 11.3 Å². The molecule has 0 spiro atoms. The van der Waals surface area contributed by atoms with E-state index < -0.39 is 0 Å². The van der Waals surface area contributed by atoms with Crippen LogP contribution in [0.2, 0.25) is 0 Å². The predicted octanol–water partition coefficient (Wildman–Crippen LogP) is 3.55. The Morgan fingerprint density at radius 1 is 1.23 bits per heavy atom. The Bertz CT molecular complexity index is 1150. The van der Waals surface area contributed by atoms with Crippen molar-refractivity contribution in [3.63, 3.8) is 0 Å². The van der Waals surface area contributed by atoms with E-state index in [1.54, 1.807) is 0 Å². The lowest BCUT2D eigenvalue weighted by molar-refractivity contribution is -0.116. The van der Waals surface area contributed by atoms with Gasteiger partial charge < -0.3 is 15.0 Å². The number of aromatic nitrogens is 2. The Balaban J connectivity index is 1.30. The summed E-state index contributed by atoms with van der Waals surface area (Å²) in [6.07, 6.45) is 1.22. The number of hydrogen-bond donors (Lipinski definition) is 2. The topological polar surface area (TPSA) is 96.5 Å². The molecule has 160 valence electrons. The van der Waals surface area contributed by atoms with Gasteiger partial charge >= 0.3 is 0 Å². The molecule has 0 bridgehead atoms. The molecule has 1 saturated heterocycles. The van der Waals surface area contributed by atoms with Gasteiger partial charge in [-0.05, 0) is 31.0 Å². The van der Waals surface area contributed by atoms with Crippen LogP contribution in [0.15, 0.2) is 23.6 Å². The predicted molar refractivity (Wildman–Crippen MR) is 122 cm³/mol. The highest BCUT2D eigenvalue weighted by atomic mass is 32.1.